The summed E-state index contributed by atoms with van der Waals surface area (Å²) in [5, 5.41) is 6.79. The summed E-state index contributed by atoms with van der Waals surface area (Å²) in [6.45, 7) is 11.5. The van der Waals surface area contributed by atoms with Crippen molar-refractivity contribution in [2.24, 2.45) is 10.9 Å². The highest BCUT2D eigenvalue weighted by Crippen LogP contribution is 2.21. The zero-order valence-corrected chi connectivity index (χ0v) is 20.9. The van der Waals surface area contributed by atoms with Crippen LogP contribution in [0.1, 0.15) is 52.0 Å². The summed E-state index contributed by atoms with van der Waals surface area (Å²) < 4.78 is 0. The van der Waals surface area contributed by atoms with Gasteiger partial charge in [-0.1, -0.05) is 19.9 Å². The number of pyridine rings is 1. The van der Waals surface area contributed by atoms with Crippen LogP contribution in [-0.4, -0.2) is 60.5 Å². The number of aliphatic imine (C=N–C) groups is 1. The van der Waals surface area contributed by atoms with Gasteiger partial charge in [0.25, 0.3) is 0 Å². The van der Waals surface area contributed by atoms with E-state index in [2.05, 4.69) is 46.5 Å². The minimum Gasteiger partial charge on any atom is -0.357 e. The summed E-state index contributed by atoms with van der Waals surface area (Å²) in [7, 11) is 0. The molecule has 0 saturated carbocycles. The van der Waals surface area contributed by atoms with Crippen LogP contribution in [0, 0.1) is 5.92 Å². The van der Waals surface area contributed by atoms with Crippen molar-refractivity contribution in [1.29, 1.82) is 0 Å². The number of amides is 1. The third-order valence-corrected chi connectivity index (χ3v) is 5.86. The predicted molar refractivity (Wildman–Crippen MR) is 133 cm³/mol. The van der Waals surface area contributed by atoms with Crippen molar-refractivity contribution in [2.45, 2.75) is 59.0 Å². The molecule has 2 saturated heterocycles. The van der Waals surface area contributed by atoms with Crippen LogP contribution < -0.4 is 15.5 Å². The van der Waals surface area contributed by atoms with Crippen LogP contribution in [0.4, 0.5) is 5.82 Å². The van der Waals surface area contributed by atoms with Crippen molar-refractivity contribution in [2.75, 3.05) is 37.6 Å². The van der Waals surface area contributed by atoms with Crippen molar-refractivity contribution in [3.63, 3.8) is 0 Å². The fraction of sp³-hybridized carbons (Fsp3) is 0.682. The zero-order valence-electron chi connectivity index (χ0n) is 18.6. The lowest BCUT2D eigenvalue weighted by molar-refractivity contribution is -0.129. The van der Waals surface area contributed by atoms with Crippen LogP contribution in [-0.2, 0) is 11.3 Å². The normalized spacial score (nSPS) is 20.1. The molecule has 3 rings (SSSR count). The van der Waals surface area contributed by atoms with Crippen molar-refractivity contribution < 1.29 is 4.79 Å². The van der Waals surface area contributed by atoms with Crippen LogP contribution in [0.3, 0.4) is 0 Å². The highest BCUT2D eigenvalue weighted by Gasteiger charge is 2.25. The minimum absolute atomic E-state index is 0. The summed E-state index contributed by atoms with van der Waals surface area (Å²) >= 11 is 0. The van der Waals surface area contributed by atoms with Gasteiger partial charge in [-0.25, -0.2) is 9.98 Å². The van der Waals surface area contributed by atoms with Crippen LogP contribution >= 0.6 is 24.0 Å². The van der Waals surface area contributed by atoms with E-state index in [0.717, 1.165) is 62.4 Å². The van der Waals surface area contributed by atoms with E-state index >= 15 is 0 Å². The number of carbonyl (C=O) groups excluding carboxylic acids is 1. The number of halogens is 1. The lowest BCUT2D eigenvalue weighted by Crippen LogP contribution is -2.45. The number of anilines is 1. The quantitative estimate of drug-likeness (QED) is 0.338. The summed E-state index contributed by atoms with van der Waals surface area (Å²) in [5.41, 5.74) is 1.10. The molecular formula is C22H37IN6O. The third kappa shape index (κ3) is 6.99. The Morgan fingerprint density at radius 1 is 1.20 bits per heavy atom. The number of likely N-dealkylation sites (tertiary alicyclic amines) is 1. The van der Waals surface area contributed by atoms with E-state index in [1.54, 1.807) is 0 Å². The fourth-order valence-corrected chi connectivity index (χ4v) is 3.95. The largest absolute Gasteiger partial charge is 0.357 e. The second-order valence-corrected chi connectivity index (χ2v) is 8.21. The lowest BCUT2D eigenvalue weighted by atomic mass is 9.99. The van der Waals surface area contributed by atoms with Gasteiger partial charge < -0.3 is 20.4 Å². The van der Waals surface area contributed by atoms with Crippen LogP contribution in [0.2, 0.25) is 0 Å². The number of hydrogen-bond donors (Lipinski definition) is 2. The summed E-state index contributed by atoms with van der Waals surface area (Å²) in [4.78, 5) is 25.6. The third-order valence-electron chi connectivity index (χ3n) is 5.86. The number of nitrogens with one attached hydrogen (secondary N) is 2. The molecule has 0 spiro atoms. The molecule has 1 unspecified atom stereocenters. The molecule has 0 aromatic carbocycles. The molecule has 30 heavy (non-hydrogen) atoms. The van der Waals surface area contributed by atoms with E-state index < -0.39 is 0 Å². The highest BCUT2D eigenvalue weighted by atomic mass is 127. The maximum absolute atomic E-state index is 11.9. The van der Waals surface area contributed by atoms with Gasteiger partial charge >= 0.3 is 0 Å². The summed E-state index contributed by atoms with van der Waals surface area (Å²) in [6, 6.07) is 4.50. The molecule has 0 bridgehead atoms. The molecule has 3 heterocycles. The number of nitrogens with zero attached hydrogens (tertiary/aromatic N) is 4. The first kappa shape index (κ1) is 24.7. The molecule has 1 amide bonds. The Bertz CT molecular complexity index is 687. The molecule has 2 aliphatic heterocycles. The van der Waals surface area contributed by atoms with Crippen molar-refractivity contribution in [3.05, 3.63) is 23.9 Å². The number of aromatic nitrogens is 1. The Labute approximate surface area is 198 Å². The topological polar surface area (TPSA) is 72.9 Å². The molecule has 8 heteroatoms. The Morgan fingerprint density at radius 2 is 1.97 bits per heavy atom. The van der Waals surface area contributed by atoms with Gasteiger partial charge in [-0.2, -0.15) is 0 Å². The van der Waals surface area contributed by atoms with Gasteiger partial charge in [0, 0.05) is 51.4 Å². The lowest BCUT2D eigenvalue weighted by Gasteiger charge is -2.31. The maximum Gasteiger partial charge on any atom is 0.222 e. The monoisotopic (exact) mass is 528 g/mol. The highest BCUT2D eigenvalue weighted by molar-refractivity contribution is 14.0. The number of piperidine rings is 1. The molecule has 1 aromatic rings. The maximum atomic E-state index is 11.9. The number of carbonyl (C=O) groups is 1. The molecule has 0 radical (unpaired) electrons. The van der Waals surface area contributed by atoms with E-state index in [1.165, 1.54) is 12.8 Å². The SMILES string of the molecule is CCNC(=NCc1ccc(N2CCC(C)CC2)nc1)NC1CCN(C(=O)CC)C1.I. The Hall–Kier alpha value is -1.58. The van der Waals surface area contributed by atoms with Gasteiger partial charge in [-0.15, -0.1) is 24.0 Å². The van der Waals surface area contributed by atoms with Crippen molar-refractivity contribution in [3.8, 4) is 0 Å². The second kappa shape index (κ2) is 12.3. The number of rotatable bonds is 6. The van der Waals surface area contributed by atoms with Crippen LogP contribution in [0.15, 0.2) is 23.3 Å². The first-order chi connectivity index (χ1) is 14.1. The molecule has 2 aliphatic rings. The average Bonchev–Trinajstić information content (AvgIpc) is 3.21. The average molecular weight is 528 g/mol. The minimum atomic E-state index is 0. The Morgan fingerprint density at radius 3 is 2.60 bits per heavy atom. The van der Waals surface area contributed by atoms with Crippen LogP contribution in [0.5, 0.6) is 0 Å². The molecule has 1 aromatic heterocycles. The molecule has 2 N–H and O–H groups in total. The fourth-order valence-electron chi connectivity index (χ4n) is 3.95. The molecular weight excluding hydrogens is 491 g/mol. The smallest absolute Gasteiger partial charge is 0.222 e. The second-order valence-electron chi connectivity index (χ2n) is 8.21. The molecule has 2 fully saturated rings. The van der Waals surface area contributed by atoms with E-state index in [-0.39, 0.29) is 35.9 Å². The van der Waals surface area contributed by atoms with E-state index in [4.69, 9.17) is 4.99 Å². The van der Waals surface area contributed by atoms with Gasteiger partial charge in [0.15, 0.2) is 5.96 Å². The van der Waals surface area contributed by atoms with Crippen molar-refractivity contribution in [1.82, 2.24) is 20.5 Å². The standard InChI is InChI=1S/C22H36N6O.HI/c1-4-21(29)28-13-10-19(16-28)26-22(23-5-2)25-15-18-6-7-20(24-14-18)27-11-8-17(3)9-12-27;/h6-7,14,17,19H,4-5,8-13,15-16H2,1-3H3,(H2,23,25,26);1H. The van der Waals surface area contributed by atoms with Gasteiger partial charge in [0.1, 0.15) is 5.82 Å². The van der Waals surface area contributed by atoms with E-state index in [9.17, 15) is 4.79 Å². The molecule has 7 nitrogen and oxygen atoms in total. The van der Waals surface area contributed by atoms with Gasteiger partial charge in [0.2, 0.25) is 5.91 Å². The molecule has 0 aliphatic carbocycles. The van der Waals surface area contributed by atoms with Crippen LogP contribution in [0.25, 0.3) is 0 Å². The number of hydrogen-bond acceptors (Lipinski definition) is 4. The van der Waals surface area contributed by atoms with Gasteiger partial charge in [-0.05, 0) is 43.7 Å². The van der Waals surface area contributed by atoms with Gasteiger partial charge in [-0.3, -0.25) is 4.79 Å². The first-order valence-corrected chi connectivity index (χ1v) is 11.1. The Balaban J connectivity index is 0.00000320. The predicted octanol–water partition coefficient (Wildman–Crippen LogP) is 3.00. The number of guanidine groups is 1. The first-order valence-electron chi connectivity index (χ1n) is 11.1. The zero-order chi connectivity index (χ0) is 20.6. The molecule has 168 valence electrons. The summed E-state index contributed by atoms with van der Waals surface area (Å²) in [6.07, 6.45) is 5.96. The molecule has 1 atom stereocenters. The Kier molecular flexibility index (Phi) is 10.1. The van der Waals surface area contributed by atoms with Gasteiger partial charge in [0.05, 0.1) is 6.54 Å². The van der Waals surface area contributed by atoms with E-state index in [0.29, 0.717) is 13.0 Å². The van der Waals surface area contributed by atoms with E-state index in [1.807, 2.05) is 18.0 Å². The van der Waals surface area contributed by atoms with Crippen molar-refractivity contribution >= 4 is 41.7 Å². The summed E-state index contributed by atoms with van der Waals surface area (Å²) in [5.74, 6) is 2.92.